The van der Waals surface area contributed by atoms with Crippen LogP contribution in [0.3, 0.4) is 0 Å². The lowest BCUT2D eigenvalue weighted by atomic mass is 9.92. The number of halogens is 1. The molecule has 1 amide bonds. The first-order chi connectivity index (χ1) is 14.7. The van der Waals surface area contributed by atoms with Gasteiger partial charge < -0.3 is 9.73 Å². The lowest BCUT2D eigenvalue weighted by Crippen LogP contribution is -2.35. The highest BCUT2D eigenvalue weighted by molar-refractivity contribution is 5.90. The predicted octanol–water partition coefficient (Wildman–Crippen LogP) is 5.72. The Labute approximate surface area is 176 Å². The van der Waals surface area contributed by atoms with Crippen LogP contribution in [-0.4, -0.2) is 23.9 Å². The summed E-state index contributed by atoms with van der Waals surface area (Å²) < 4.78 is 19.3. The van der Waals surface area contributed by atoms with Crippen LogP contribution in [0.1, 0.15) is 31.2 Å². The summed E-state index contributed by atoms with van der Waals surface area (Å²) in [6.07, 6.45) is 5.19. The van der Waals surface area contributed by atoms with Crippen molar-refractivity contribution in [3.8, 4) is 11.3 Å². The first kappa shape index (κ1) is 20.4. The highest BCUT2D eigenvalue weighted by Crippen LogP contribution is 2.28. The fourth-order valence-corrected chi connectivity index (χ4v) is 4.21. The van der Waals surface area contributed by atoms with Gasteiger partial charge in [-0.05, 0) is 61.6 Å². The van der Waals surface area contributed by atoms with Gasteiger partial charge in [0, 0.05) is 25.1 Å². The average molecular weight is 407 g/mol. The fraction of sp³-hybridized carbons (Fsp3) is 0.320. The van der Waals surface area contributed by atoms with Crippen LogP contribution in [0.5, 0.6) is 0 Å². The summed E-state index contributed by atoms with van der Waals surface area (Å²) in [5.74, 6) is 0.843. The molecule has 4 nitrogen and oxygen atoms in total. The van der Waals surface area contributed by atoms with E-state index in [2.05, 4.69) is 28.4 Å². The maximum Gasteiger partial charge on any atom is 0.224 e. The van der Waals surface area contributed by atoms with Crippen LogP contribution in [0, 0.1) is 11.7 Å². The second-order valence-electron chi connectivity index (χ2n) is 7.94. The van der Waals surface area contributed by atoms with Crippen molar-refractivity contribution < 1.29 is 13.6 Å². The summed E-state index contributed by atoms with van der Waals surface area (Å²) in [7, 11) is 0. The molecule has 0 saturated carbocycles. The quantitative estimate of drug-likeness (QED) is 0.546. The van der Waals surface area contributed by atoms with Crippen LogP contribution in [0.25, 0.3) is 11.3 Å². The first-order valence-corrected chi connectivity index (χ1v) is 10.6. The molecule has 1 N–H and O–H groups in total. The average Bonchev–Trinajstić information content (AvgIpc) is 3.29. The molecule has 0 radical (unpaired) electrons. The molecule has 0 bridgehead atoms. The van der Waals surface area contributed by atoms with Crippen LogP contribution in [0.4, 0.5) is 10.1 Å². The molecule has 1 atom stereocenters. The fourth-order valence-electron chi connectivity index (χ4n) is 4.21. The van der Waals surface area contributed by atoms with Gasteiger partial charge in [0.2, 0.25) is 5.91 Å². The number of rotatable bonds is 7. The van der Waals surface area contributed by atoms with E-state index in [1.165, 1.54) is 11.6 Å². The van der Waals surface area contributed by atoms with E-state index in [4.69, 9.17) is 4.42 Å². The Balaban J connectivity index is 1.31. The van der Waals surface area contributed by atoms with Crippen molar-refractivity contribution in [1.29, 1.82) is 0 Å². The van der Waals surface area contributed by atoms with E-state index in [-0.39, 0.29) is 11.6 Å². The van der Waals surface area contributed by atoms with Crippen molar-refractivity contribution in [3.05, 3.63) is 78.3 Å². The van der Waals surface area contributed by atoms with Gasteiger partial charge in [0.05, 0.1) is 12.0 Å². The van der Waals surface area contributed by atoms with Gasteiger partial charge >= 0.3 is 0 Å². The van der Waals surface area contributed by atoms with Crippen molar-refractivity contribution >= 4 is 11.6 Å². The maximum atomic E-state index is 13.7. The highest BCUT2D eigenvalue weighted by Gasteiger charge is 2.22. The van der Waals surface area contributed by atoms with Gasteiger partial charge in [0.15, 0.2) is 0 Å². The second-order valence-corrected chi connectivity index (χ2v) is 7.94. The molecule has 30 heavy (non-hydrogen) atoms. The largest absolute Gasteiger partial charge is 0.464 e. The number of carbonyl (C=O) groups excluding carboxylic acids is 1. The third-order valence-electron chi connectivity index (χ3n) is 5.73. The number of likely N-dealkylation sites (tertiary alicyclic amines) is 1. The van der Waals surface area contributed by atoms with Gasteiger partial charge in [-0.1, -0.05) is 36.4 Å². The Morgan fingerprint density at radius 2 is 1.93 bits per heavy atom. The molecule has 2 aromatic carbocycles. The summed E-state index contributed by atoms with van der Waals surface area (Å²) in [5, 5.41) is 2.69. The summed E-state index contributed by atoms with van der Waals surface area (Å²) in [6.45, 7) is 2.90. The number of piperidine rings is 1. The molecule has 4 rings (SSSR count). The molecule has 1 aliphatic heterocycles. The van der Waals surface area contributed by atoms with Crippen LogP contribution in [0.15, 0.2) is 71.3 Å². The zero-order valence-corrected chi connectivity index (χ0v) is 17.0. The van der Waals surface area contributed by atoms with E-state index in [0.717, 1.165) is 50.2 Å². The topological polar surface area (TPSA) is 45.5 Å². The van der Waals surface area contributed by atoms with Crippen LogP contribution < -0.4 is 5.32 Å². The molecule has 3 aromatic rings. The number of para-hydroxylation sites is 1. The van der Waals surface area contributed by atoms with Crippen LogP contribution >= 0.6 is 0 Å². The Bertz CT molecular complexity index is 971. The van der Waals surface area contributed by atoms with Gasteiger partial charge in [0.1, 0.15) is 11.6 Å². The molecule has 5 heteroatoms. The number of benzene rings is 2. The number of carbonyl (C=O) groups is 1. The number of hydrogen-bond acceptors (Lipinski definition) is 3. The Kier molecular flexibility index (Phi) is 6.60. The van der Waals surface area contributed by atoms with Crippen LogP contribution in [0.2, 0.25) is 0 Å². The normalized spacial score (nSPS) is 17.0. The van der Waals surface area contributed by atoms with Gasteiger partial charge in [-0.25, -0.2) is 4.39 Å². The van der Waals surface area contributed by atoms with E-state index >= 15 is 0 Å². The van der Waals surface area contributed by atoms with Gasteiger partial charge in [0.25, 0.3) is 0 Å². The number of amides is 1. The van der Waals surface area contributed by atoms with Crippen molar-refractivity contribution in [2.24, 2.45) is 5.92 Å². The van der Waals surface area contributed by atoms with E-state index in [1.54, 1.807) is 24.5 Å². The lowest BCUT2D eigenvalue weighted by molar-refractivity contribution is -0.116. The van der Waals surface area contributed by atoms with E-state index in [1.807, 2.05) is 18.2 Å². The zero-order valence-electron chi connectivity index (χ0n) is 17.0. The van der Waals surface area contributed by atoms with Gasteiger partial charge in [-0.3, -0.25) is 9.69 Å². The number of furan rings is 1. The van der Waals surface area contributed by atoms with E-state index < -0.39 is 5.82 Å². The minimum Gasteiger partial charge on any atom is -0.464 e. The molecule has 1 aromatic heterocycles. The van der Waals surface area contributed by atoms with Crippen molar-refractivity contribution in [2.45, 2.75) is 32.2 Å². The monoisotopic (exact) mass is 406 g/mol. The van der Waals surface area contributed by atoms with Crippen LogP contribution in [-0.2, 0) is 11.3 Å². The van der Waals surface area contributed by atoms with Gasteiger partial charge in [-0.2, -0.15) is 0 Å². The summed E-state index contributed by atoms with van der Waals surface area (Å²) >= 11 is 0. The zero-order chi connectivity index (χ0) is 20.8. The molecular formula is C25H27FN2O2. The lowest BCUT2D eigenvalue weighted by Gasteiger charge is -2.33. The maximum absolute atomic E-state index is 13.7. The molecule has 1 fully saturated rings. The van der Waals surface area contributed by atoms with E-state index in [0.29, 0.717) is 12.3 Å². The molecular weight excluding hydrogens is 379 g/mol. The second kappa shape index (κ2) is 9.72. The molecule has 156 valence electrons. The Morgan fingerprint density at radius 3 is 2.77 bits per heavy atom. The molecule has 0 spiro atoms. The summed E-state index contributed by atoms with van der Waals surface area (Å²) in [4.78, 5) is 14.7. The minimum atomic E-state index is -0.398. The van der Waals surface area contributed by atoms with Crippen molar-refractivity contribution in [3.63, 3.8) is 0 Å². The third-order valence-corrected chi connectivity index (χ3v) is 5.73. The number of anilines is 1. The standard InChI is InChI=1S/C25H27FN2O2/c26-22-10-3-4-11-23(22)27-25(29)14-13-19-7-5-15-28(17-19)18-20-8-1-2-9-21(20)24-12-6-16-30-24/h1-4,6,8-12,16,19H,5,7,13-15,17-18H2,(H,27,29)/t19-/m1/s1. The Morgan fingerprint density at radius 1 is 1.10 bits per heavy atom. The molecule has 2 heterocycles. The van der Waals surface area contributed by atoms with Crippen molar-refractivity contribution in [2.75, 3.05) is 18.4 Å². The number of nitrogens with zero attached hydrogens (tertiary/aromatic N) is 1. The Hall–Kier alpha value is -2.92. The number of nitrogens with one attached hydrogen (secondary N) is 1. The summed E-state index contributed by atoms with van der Waals surface area (Å²) in [6, 6.07) is 18.5. The molecule has 0 unspecified atom stereocenters. The molecule has 1 aliphatic rings. The first-order valence-electron chi connectivity index (χ1n) is 10.6. The number of hydrogen-bond donors (Lipinski definition) is 1. The van der Waals surface area contributed by atoms with Gasteiger partial charge in [-0.15, -0.1) is 0 Å². The minimum absolute atomic E-state index is 0.125. The third kappa shape index (κ3) is 5.16. The summed E-state index contributed by atoms with van der Waals surface area (Å²) in [5.41, 5.74) is 2.64. The molecule has 0 aliphatic carbocycles. The molecule has 1 saturated heterocycles. The predicted molar refractivity (Wildman–Crippen MR) is 116 cm³/mol. The highest BCUT2D eigenvalue weighted by atomic mass is 19.1. The van der Waals surface area contributed by atoms with Crippen molar-refractivity contribution in [1.82, 2.24) is 4.90 Å². The van der Waals surface area contributed by atoms with E-state index in [9.17, 15) is 9.18 Å². The smallest absolute Gasteiger partial charge is 0.224 e. The SMILES string of the molecule is O=C(CC[C@H]1CCCN(Cc2ccccc2-c2ccco2)C1)Nc1ccccc1F.